The molecule has 1 fully saturated rings. The highest BCUT2D eigenvalue weighted by Crippen LogP contribution is 2.21. The van der Waals surface area contributed by atoms with Crippen molar-refractivity contribution in [2.24, 2.45) is 0 Å². The number of ether oxygens (including phenoxy) is 1. The molecule has 0 bridgehead atoms. The van der Waals surface area contributed by atoms with Gasteiger partial charge in [0.2, 0.25) is 5.91 Å². The number of benzene rings is 4. The fourth-order valence-corrected chi connectivity index (χ4v) is 5.02. The lowest BCUT2D eigenvalue weighted by Gasteiger charge is -2.36. The van der Waals surface area contributed by atoms with Gasteiger partial charge in [-0.3, -0.25) is 14.4 Å². The van der Waals surface area contributed by atoms with Crippen molar-refractivity contribution in [1.82, 2.24) is 9.80 Å². The molecule has 1 saturated heterocycles. The Morgan fingerprint density at radius 2 is 1.47 bits per heavy atom. The molecule has 43 heavy (non-hydrogen) atoms. The number of anilines is 2. The second kappa shape index (κ2) is 13.7. The van der Waals surface area contributed by atoms with Gasteiger partial charge < -0.3 is 24.8 Å². The molecule has 0 aromatic heterocycles. The molecule has 0 radical (unpaired) electrons. The molecule has 0 saturated carbocycles. The summed E-state index contributed by atoms with van der Waals surface area (Å²) in [5.41, 5.74) is 3.03. The fourth-order valence-electron chi connectivity index (χ4n) is 5.02. The number of rotatable bonds is 9. The predicted molar refractivity (Wildman–Crippen MR) is 164 cm³/mol. The molecule has 4 aromatic carbocycles. The molecule has 8 nitrogen and oxygen atoms in total. The van der Waals surface area contributed by atoms with Crippen LogP contribution in [0.5, 0.6) is 5.75 Å². The topological polar surface area (TPSA) is 82.2 Å². The summed E-state index contributed by atoms with van der Waals surface area (Å²) >= 11 is 0. The lowest BCUT2D eigenvalue weighted by atomic mass is 10.1. The van der Waals surface area contributed by atoms with Crippen LogP contribution in [0.25, 0.3) is 0 Å². The average molecular weight is 581 g/mol. The summed E-state index contributed by atoms with van der Waals surface area (Å²) in [6.45, 7) is 2.32. The van der Waals surface area contributed by atoms with E-state index in [1.54, 1.807) is 48.4 Å². The van der Waals surface area contributed by atoms with Gasteiger partial charge >= 0.3 is 0 Å². The number of piperazine rings is 1. The highest BCUT2D eigenvalue weighted by molar-refractivity contribution is 5.99. The van der Waals surface area contributed by atoms with E-state index in [4.69, 9.17) is 4.74 Å². The number of carbonyl (C=O) groups is 3. The van der Waals surface area contributed by atoms with E-state index < -0.39 is 5.82 Å². The zero-order valence-corrected chi connectivity index (χ0v) is 23.9. The molecule has 9 heteroatoms. The number of hydrogen-bond acceptors (Lipinski definition) is 5. The standard InChI is InChI=1S/C34H33FN4O4/c1-43-29-17-11-26(12-18-29)33(41)39(23-25-7-3-2-4-8-25)24-32(40)36-27-13-15-28(16-14-27)37-19-21-38(22-20-37)34(42)30-9-5-6-10-31(30)35/h2-18H,19-24H2,1H3,(H,36,40). The van der Waals surface area contributed by atoms with Crippen molar-refractivity contribution in [3.63, 3.8) is 0 Å². The summed E-state index contributed by atoms with van der Waals surface area (Å²) in [7, 11) is 1.56. The normalized spacial score (nSPS) is 12.9. The van der Waals surface area contributed by atoms with Crippen LogP contribution in [-0.2, 0) is 11.3 Å². The molecule has 1 heterocycles. The number of methoxy groups -OCH3 is 1. The Bertz CT molecular complexity index is 1550. The SMILES string of the molecule is COc1ccc(C(=O)N(CC(=O)Nc2ccc(N3CCN(C(=O)c4ccccc4F)CC3)cc2)Cc2ccccc2)cc1. The number of nitrogens with one attached hydrogen (secondary N) is 1. The third kappa shape index (κ3) is 7.37. The summed E-state index contributed by atoms with van der Waals surface area (Å²) in [6.07, 6.45) is 0. The molecule has 0 atom stereocenters. The van der Waals surface area contributed by atoms with Crippen molar-refractivity contribution in [1.29, 1.82) is 0 Å². The Hall–Kier alpha value is -5.18. The van der Waals surface area contributed by atoms with Crippen molar-refractivity contribution < 1.29 is 23.5 Å². The van der Waals surface area contributed by atoms with Crippen LogP contribution in [-0.4, -0.2) is 67.4 Å². The monoisotopic (exact) mass is 580 g/mol. The number of hydrogen-bond donors (Lipinski definition) is 1. The average Bonchev–Trinajstić information content (AvgIpc) is 3.05. The number of carbonyl (C=O) groups excluding carboxylic acids is 3. The zero-order chi connectivity index (χ0) is 30.2. The summed E-state index contributed by atoms with van der Waals surface area (Å²) in [5.74, 6) is -0.746. The van der Waals surface area contributed by atoms with Gasteiger partial charge in [-0.25, -0.2) is 4.39 Å². The van der Waals surface area contributed by atoms with Gasteiger partial charge in [0.25, 0.3) is 11.8 Å². The number of amides is 3. The van der Waals surface area contributed by atoms with Gasteiger partial charge in [-0.2, -0.15) is 0 Å². The van der Waals surface area contributed by atoms with E-state index in [1.165, 1.54) is 17.0 Å². The number of nitrogens with zero attached hydrogens (tertiary/aromatic N) is 3. The van der Waals surface area contributed by atoms with E-state index in [1.807, 2.05) is 54.6 Å². The molecule has 5 rings (SSSR count). The Kier molecular flexibility index (Phi) is 9.31. The van der Waals surface area contributed by atoms with Crippen LogP contribution in [0.4, 0.5) is 15.8 Å². The summed E-state index contributed by atoms with van der Waals surface area (Å²) in [5, 5.41) is 2.90. The van der Waals surface area contributed by atoms with Gasteiger partial charge in [0.15, 0.2) is 0 Å². The van der Waals surface area contributed by atoms with Crippen molar-refractivity contribution >= 4 is 29.1 Å². The second-order valence-electron chi connectivity index (χ2n) is 10.2. The first kappa shape index (κ1) is 29.3. The van der Waals surface area contributed by atoms with Gasteiger partial charge in [0, 0.05) is 49.7 Å². The summed E-state index contributed by atoms with van der Waals surface area (Å²) in [4.78, 5) is 44.5. The molecule has 3 amide bonds. The van der Waals surface area contributed by atoms with Crippen molar-refractivity contribution in [3.8, 4) is 5.75 Å². The molecular formula is C34H33FN4O4. The smallest absolute Gasteiger partial charge is 0.256 e. The predicted octanol–water partition coefficient (Wildman–Crippen LogP) is 5.08. The first-order chi connectivity index (χ1) is 20.9. The van der Waals surface area contributed by atoms with E-state index in [9.17, 15) is 18.8 Å². The first-order valence-electron chi connectivity index (χ1n) is 14.1. The quantitative estimate of drug-likeness (QED) is 0.299. The van der Waals surface area contributed by atoms with E-state index in [0.29, 0.717) is 43.2 Å². The van der Waals surface area contributed by atoms with Crippen LogP contribution >= 0.6 is 0 Å². The van der Waals surface area contributed by atoms with Gasteiger partial charge in [-0.05, 0) is 66.2 Å². The molecule has 4 aromatic rings. The molecule has 1 N–H and O–H groups in total. The highest BCUT2D eigenvalue weighted by Gasteiger charge is 2.24. The third-order valence-corrected chi connectivity index (χ3v) is 7.36. The van der Waals surface area contributed by atoms with Gasteiger partial charge in [-0.1, -0.05) is 42.5 Å². The molecule has 220 valence electrons. The fraction of sp³-hybridized carbons (Fsp3) is 0.206. The van der Waals surface area contributed by atoms with Crippen LogP contribution in [0, 0.1) is 5.82 Å². The van der Waals surface area contributed by atoms with Gasteiger partial charge in [0.05, 0.1) is 12.7 Å². The molecule has 1 aliphatic heterocycles. The van der Waals surface area contributed by atoms with E-state index in [2.05, 4.69) is 10.2 Å². The molecule has 0 spiro atoms. The maximum atomic E-state index is 14.1. The molecule has 0 aliphatic carbocycles. The van der Waals surface area contributed by atoms with E-state index >= 15 is 0 Å². The first-order valence-corrected chi connectivity index (χ1v) is 14.1. The van der Waals surface area contributed by atoms with Crippen LogP contribution in [0.1, 0.15) is 26.3 Å². The molecular weight excluding hydrogens is 547 g/mol. The minimum absolute atomic E-state index is 0.0871. The Balaban J connectivity index is 1.19. The Morgan fingerprint density at radius 1 is 0.814 bits per heavy atom. The summed E-state index contributed by atoms with van der Waals surface area (Å²) in [6, 6.07) is 29.8. The van der Waals surface area contributed by atoms with Gasteiger partial charge in [-0.15, -0.1) is 0 Å². The lowest BCUT2D eigenvalue weighted by Crippen LogP contribution is -2.49. The van der Waals surface area contributed by atoms with Crippen LogP contribution < -0.4 is 15.0 Å². The third-order valence-electron chi connectivity index (χ3n) is 7.36. The van der Waals surface area contributed by atoms with E-state index in [0.717, 1.165) is 11.3 Å². The Labute approximate surface area is 250 Å². The van der Waals surface area contributed by atoms with Crippen LogP contribution in [0.15, 0.2) is 103 Å². The maximum Gasteiger partial charge on any atom is 0.256 e. The van der Waals surface area contributed by atoms with Crippen LogP contribution in [0.2, 0.25) is 0 Å². The van der Waals surface area contributed by atoms with Crippen LogP contribution in [0.3, 0.4) is 0 Å². The van der Waals surface area contributed by atoms with E-state index in [-0.39, 0.29) is 36.4 Å². The largest absolute Gasteiger partial charge is 0.497 e. The minimum Gasteiger partial charge on any atom is -0.497 e. The van der Waals surface area contributed by atoms with Crippen molar-refractivity contribution in [3.05, 3.63) is 126 Å². The summed E-state index contributed by atoms with van der Waals surface area (Å²) < 4.78 is 19.3. The second-order valence-corrected chi connectivity index (χ2v) is 10.2. The number of halogens is 1. The lowest BCUT2D eigenvalue weighted by molar-refractivity contribution is -0.117. The van der Waals surface area contributed by atoms with Crippen molar-refractivity contribution in [2.75, 3.05) is 50.1 Å². The minimum atomic E-state index is -0.513. The molecule has 1 aliphatic rings. The zero-order valence-electron chi connectivity index (χ0n) is 23.9. The maximum absolute atomic E-state index is 14.1. The Morgan fingerprint density at radius 3 is 2.12 bits per heavy atom. The van der Waals surface area contributed by atoms with Crippen molar-refractivity contribution in [2.45, 2.75) is 6.54 Å². The highest BCUT2D eigenvalue weighted by atomic mass is 19.1. The van der Waals surface area contributed by atoms with Gasteiger partial charge in [0.1, 0.15) is 18.1 Å². The molecule has 0 unspecified atom stereocenters.